The van der Waals surface area contributed by atoms with E-state index in [2.05, 4.69) is 41.0 Å². The van der Waals surface area contributed by atoms with Crippen molar-refractivity contribution in [1.29, 1.82) is 0 Å². The zero-order valence-electron chi connectivity index (χ0n) is 23.1. The molecule has 6 rings (SSSR count). The fourth-order valence-electron chi connectivity index (χ4n) is 6.15. The number of amides is 1. The van der Waals surface area contributed by atoms with Gasteiger partial charge in [0.25, 0.3) is 5.91 Å². The van der Waals surface area contributed by atoms with Gasteiger partial charge in [0.1, 0.15) is 11.3 Å². The third-order valence-electron chi connectivity index (χ3n) is 8.26. The summed E-state index contributed by atoms with van der Waals surface area (Å²) >= 11 is 0. The summed E-state index contributed by atoms with van der Waals surface area (Å²) in [6, 6.07) is 1.67. The number of nitrogens with two attached hydrogens (primary N) is 1. The van der Waals surface area contributed by atoms with Gasteiger partial charge in [0.2, 0.25) is 5.95 Å². The lowest BCUT2D eigenvalue weighted by atomic mass is 9.80. The topological polar surface area (TPSA) is 92.3 Å². The summed E-state index contributed by atoms with van der Waals surface area (Å²) in [5.74, 6) is -0.438. The van der Waals surface area contributed by atoms with E-state index in [1.807, 2.05) is 4.57 Å². The zero-order chi connectivity index (χ0) is 26.5. The quantitative estimate of drug-likeness (QED) is 0.478. The maximum absolute atomic E-state index is 14.1. The molecular weight excluding hydrogens is 469 g/mol. The monoisotopic (exact) mass is 515 g/mol. The van der Waals surface area contributed by atoms with Crippen LogP contribution >= 0.6 is 0 Å². The summed E-state index contributed by atoms with van der Waals surface area (Å²) in [5.41, 5.74) is 6.64. The Morgan fingerprint density at radius 3 is 2.08 bits per heavy atom. The molecule has 3 N–H and O–H groups in total. The molecular formula is C28H46FN7O. The van der Waals surface area contributed by atoms with Gasteiger partial charge in [-0.1, -0.05) is 62.3 Å². The number of halogens is 1. The number of fused-ring (bicyclic) bond motifs is 4. The number of aromatic nitrogens is 3. The Labute approximate surface area is 221 Å². The Morgan fingerprint density at radius 1 is 0.973 bits per heavy atom. The minimum atomic E-state index is -0.609. The normalized spacial score (nSPS) is 22.1. The van der Waals surface area contributed by atoms with Gasteiger partial charge in [0.15, 0.2) is 0 Å². The van der Waals surface area contributed by atoms with E-state index in [9.17, 15) is 9.28 Å². The summed E-state index contributed by atoms with van der Waals surface area (Å²) in [5, 5.41) is 4.42. The highest BCUT2D eigenvalue weighted by Gasteiger charge is 2.45. The van der Waals surface area contributed by atoms with Crippen LogP contribution < -0.4 is 11.1 Å². The molecule has 9 heteroatoms. The Balaban J connectivity index is 0.000000165. The van der Waals surface area contributed by atoms with Gasteiger partial charge < -0.3 is 15.6 Å². The molecule has 1 spiro atoms. The van der Waals surface area contributed by atoms with Crippen LogP contribution in [0, 0.1) is 0 Å². The van der Waals surface area contributed by atoms with E-state index in [0.29, 0.717) is 22.0 Å². The molecule has 2 aliphatic heterocycles. The fourth-order valence-corrected chi connectivity index (χ4v) is 6.15. The molecule has 37 heavy (non-hydrogen) atoms. The molecule has 1 amide bonds. The number of carbonyl (C=O) groups is 1. The number of hydrogen-bond acceptors (Lipinski definition) is 6. The molecule has 0 unspecified atom stereocenters. The summed E-state index contributed by atoms with van der Waals surface area (Å²) in [4.78, 5) is 22.9. The molecule has 2 aliphatic carbocycles. The number of piperazine rings is 1. The highest BCUT2D eigenvalue weighted by molar-refractivity contribution is 5.98. The molecule has 8 nitrogen and oxygen atoms in total. The molecule has 4 heterocycles. The second kappa shape index (κ2) is 12.1. The van der Waals surface area contributed by atoms with Crippen LogP contribution in [0.5, 0.6) is 0 Å². The smallest absolute Gasteiger partial charge is 0.298 e. The van der Waals surface area contributed by atoms with Crippen molar-refractivity contribution in [3.05, 3.63) is 18.0 Å². The van der Waals surface area contributed by atoms with E-state index in [-0.39, 0.29) is 12.5 Å². The number of nitrogens with zero attached hydrogens (tertiary/aromatic N) is 5. The van der Waals surface area contributed by atoms with Crippen molar-refractivity contribution in [2.75, 3.05) is 38.5 Å². The van der Waals surface area contributed by atoms with E-state index < -0.39 is 11.4 Å². The first-order valence-electron chi connectivity index (χ1n) is 14.3. The molecule has 1 saturated heterocycles. The predicted octanol–water partition coefficient (Wildman–Crippen LogP) is 5.04. The van der Waals surface area contributed by atoms with Gasteiger partial charge in [-0.2, -0.15) is 10.1 Å². The van der Waals surface area contributed by atoms with Gasteiger partial charge in [-0.15, -0.1) is 0 Å². The summed E-state index contributed by atoms with van der Waals surface area (Å²) in [6.45, 7) is 11.6. The second-order valence-electron chi connectivity index (χ2n) is 12.0. The van der Waals surface area contributed by atoms with Crippen molar-refractivity contribution in [3.8, 4) is 0 Å². The Bertz CT molecular complexity index is 1020. The number of anilines is 1. The van der Waals surface area contributed by atoms with Crippen molar-refractivity contribution in [1.82, 2.24) is 29.9 Å². The van der Waals surface area contributed by atoms with Crippen molar-refractivity contribution < 1.29 is 9.28 Å². The summed E-state index contributed by atoms with van der Waals surface area (Å²) in [6.07, 6.45) is 15.5. The van der Waals surface area contributed by atoms with Crippen LogP contribution in [0.3, 0.4) is 0 Å². The van der Waals surface area contributed by atoms with Crippen molar-refractivity contribution >= 4 is 22.9 Å². The number of nitrogens with one attached hydrogen (secondary N) is 1. The van der Waals surface area contributed by atoms with E-state index in [1.54, 1.807) is 12.3 Å². The highest BCUT2D eigenvalue weighted by atomic mass is 19.2. The third-order valence-corrected chi connectivity index (χ3v) is 8.26. The standard InChI is InChI=1S/C14H16FN5O.C8H18N2.C6H12/c15-19-8-14(4-2-1-3-5-14)20-10(12(19)21)6-9-7-17-13(16)18-11(9)20;1-8(2,3)10-6-4-9-5-7-10;1-2-4-6-5-3-1/h6-7H,1-5,8H2,(H2,16,17,18);9H,4-7H2,1-3H3;1-6H2. The lowest BCUT2D eigenvalue weighted by Crippen LogP contribution is -2.51. The van der Waals surface area contributed by atoms with E-state index in [4.69, 9.17) is 5.73 Å². The molecule has 2 aromatic heterocycles. The minimum Gasteiger partial charge on any atom is -0.368 e. The minimum absolute atomic E-state index is 0.0898. The van der Waals surface area contributed by atoms with E-state index in [0.717, 1.165) is 50.6 Å². The lowest BCUT2D eigenvalue weighted by molar-refractivity contribution is -0.0247. The van der Waals surface area contributed by atoms with Crippen LogP contribution in [-0.4, -0.2) is 68.7 Å². The summed E-state index contributed by atoms with van der Waals surface area (Å²) in [7, 11) is 0. The van der Waals surface area contributed by atoms with Crippen LogP contribution in [0.15, 0.2) is 12.3 Å². The number of hydrogen-bond donors (Lipinski definition) is 2. The molecule has 0 bridgehead atoms. The predicted molar refractivity (Wildman–Crippen MR) is 147 cm³/mol. The van der Waals surface area contributed by atoms with Gasteiger partial charge in [-0.3, -0.25) is 9.69 Å². The Morgan fingerprint density at radius 2 is 1.54 bits per heavy atom. The number of nitrogen functional groups attached to an aromatic ring is 1. The molecule has 0 aromatic carbocycles. The van der Waals surface area contributed by atoms with Gasteiger partial charge in [-0.05, 0) is 39.7 Å². The van der Waals surface area contributed by atoms with Gasteiger partial charge in [-0.25, -0.2) is 4.98 Å². The third kappa shape index (κ3) is 6.60. The zero-order valence-corrected chi connectivity index (χ0v) is 23.1. The maximum Gasteiger partial charge on any atom is 0.298 e. The molecule has 3 fully saturated rings. The maximum atomic E-state index is 14.1. The Kier molecular flexibility index (Phi) is 9.06. The molecule has 0 radical (unpaired) electrons. The molecule has 4 aliphatic rings. The first-order valence-corrected chi connectivity index (χ1v) is 14.3. The molecule has 2 saturated carbocycles. The second-order valence-corrected chi connectivity index (χ2v) is 12.0. The Hall–Kier alpha value is -2.26. The van der Waals surface area contributed by atoms with Crippen LogP contribution in [0.4, 0.5) is 10.4 Å². The molecule has 206 valence electrons. The fraction of sp³-hybridized carbons (Fsp3) is 0.750. The van der Waals surface area contributed by atoms with Gasteiger partial charge in [0.05, 0.1) is 12.1 Å². The van der Waals surface area contributed by atoms with E-state index >= 15 is 0 Å². The average Bonchev–Trinajstić information content (AvgIpc) is 3.30. The van der Waals surface area contributed by atoms with Crippen molar-refractivity contribution in [3.63, 3.8) is 0 Å². The lowest BCUT2D eigenvalue weighted by Gasteiger charge is -2.44. The van der Waals surface area contributed by atoms with Crippen molar-refractivity contribution in [2.24, 2.45) is 0 Å². The van der Waals surface area contributed by atoms with Crippen LogP contribution in [0.2, 0.25) is 0 Å². The SMILES string of the molecule is C1CCCCC1.CC(C)(C)N1CCNCC1.Nc1ncc2cc3n(c2n1)C1(CCCCC1)CN(F)C3=O. The van der Waals surface area contributed by atoms with Gasteiger partial charge in [0, 0.05) is 43.3 Å². The molecule has 2 aromatic rings. The first-order chi connectivity index (χ1) is 17.7. The van der Waals surface area contributed by atoms with Crippen molar-refractivity contribution in [2.45, 2.75) is 102 Å². The largest absolute Gasteiger partial charge is 0.368 e. The average molecular weight is 516 g/mol. The first kappa shape index (κ1) is 27.8. The van der Waals surface area contributed by atoms with Crippen LogP contribution in [0.1, 0.15) is 102 Å². The number of carbonyl (C=O) groups excluding carboxylic acids is 1. The highest BCUT2D eigenvalue weighted by Crippen LogP contribution is 2.42. The molecule has 0 atom stereocenters. The van der Waals surface area contributed by atoms with Crippen LogP contribution in [-0.2, 0) is 5.54 Å². The number of rotatable bonds is 0. The summed E-state index contributed by atoms with van der Waals surface area (Å²) < 4.78 is 16.0. The van der Waals surface area contributed by atoms with Gasteiger partial charge >= 0.3 is 0 Å². The van der Waals surface area contributed by atoms with E-state index in [1.165, 1.54) is 51.6 Å². The van der Waals surface area contributed by atoms with Crippen LogP contribution in [0.25, 0.3) is 11.0 Å².